The molecule has 1 aromatic heterocycles. The van der Waals surface area contributed by atoms with Crippen molar-refractivity contribution < 1.29 is 13.5 Å². The van der Waals surface area contributed by atoms with Crippen LogP contribution in [-0.2, 0) is 0 Å². The topological polar surface area (TPSA) is 71.9 Å². The van der Waals surface area contributed by atoms with E-state index < -0.39 is 6.10 Å². The normalized spacial score (nSPS) is 11.8. The first-order valence-electron chi connectivity index (χ1n) is 7.02. The minimum absolute atomic E-state index is 0.259. The first-order valence-corrected chi connectivity index (χ1v) is 7.40. The second-order valence-electron chi connectivity index (χ2n) is 4.97. The number of hydrogen-bond acceptors (Lipinski definition) is 5. The zero-order valence-corrected chi connectivity index (χ0v) is 13.3. The fraction of sp³-hybridized carbons (Fsp3) is 0.118. The fourth-order valence-corrected chi connectivity index (χ4v) is 2.24. The fourth-order valence-electron chi connectivity index (χ4n) is 2.01. The van der Waals surface area contributed by atoms with E-state index in [1.54, 1.807) is 31.2 Å². The van der Waals surface area contributed by atoms with Gasteiger partial charge in [-0.15, -0.1) is 10.2 Å². The lowest BCUT2D eigenvalue weighted by molar-refractivity contribution is 0.190. The van der Waals surface area contributed by atoms with Gasteiger partial charge in [0.2, 0.25) is 5.89 Å². The molecule has 120 valence electrons. The van der Waals surface area contributed by atoms with Crippen molar-refractivity contribution >= 4 is 11.6 Å². The van der Waals surface area contributed by atoms with Crippen LogP contribution in [0.4, 0.5) is 4.39 Å². The zero-order valence-electron chi connectivity index (χ0n) is 12.5. The van der Waals surface area contributed by atoms with E-state index in [0.29, 0.717) is 21.9 Å². The molecule has 0 amide bonds. The van der Waals surface area contributed by atoms with Crippen LogP contribution in [-0.4, -0.2) is 10.2 Å². The van der Waals surface area contributed by atoms with E-state index in [4.69, 9.17) is 26.0 Å². The molecule has 0 saturated carbocycles. The number of ether oxygens (including phenoxy) is 1. The van der Waals surface area contributed by atoms with Gasteiger partial charge in [-0.3, -0.25) is 0 Å². The molecule has 0 aliphatic heterocycles. The maximum Gasteiger partial charge on any atom is 0.257 e. The average molecular weight is 344 g/mol. The number of nitriles is 1. The van der Waals surface area contributed by atoms with Gasteiger partial charge in [-0.1, -0.05) is 11.6 Å². The molecule has 5 nitrogen and oxygen atoms in total. The maximum atomic E-state index is 13.0. The summed E-state index contributed by atoms with van der Waals surface area (Å²) in [6.45, 7) is 1.73. The van der Waals surface area contributed by atoms with Crippen LogP contribution in [0.25, 0.3) is 11.5 Å². The van der Waals surface area contributed by atoms with Crippen LogP contribution in [0.1, 0.15) is 24.5 Å². The highest BCUT2D eigenvalue weighted by Crippen LogP contribution is 2.30. The summed E-state index contributed by atoms with van der Waals surface area (Å²) in [6, 6.07) is 12.5. The maximum absolute atomic E-state index is 13.0. The summed E-state index contributed by atoms with van der Waals surface area (Å²) in [7, 11) is 0. The Morgan fingerprint density at radius 2 is 1.96 bits per heavy atom. The van der Waals surface area contributed by atoms with Crippen molar-refractivity contribution in [1.82, 2.24) is 10.2 Å². The van der Waals surface area contributed by atoms with Gasteiger partial charge in [0.15, 0.2) is 6.10 Å². The van der Waals surface area contributed by atoms with E-state index in [1.165, 1.54) is 18.2 Å². The van der Waals surface area contributed by atoms with Crippen molar-refractivity contribution in [3.63, 3.8) is 0 Å². The van der Waals surface area contributed by atoms with E-state index in [1.807, 2.05) is 6.07 Å². The molecule has 2 aromatic carbocycles. The van der Waals surface area contributed by atoms with Crippen LogP contribution in [0, 0.1) is 17.1 Å². The quantitative estimate of drug-likeness (QED) is 0.695. The lowest BCUT2D eigenvalue weighted by Gasteiger charge is -2.12. The molecule has 0 N–H and O–H groups in total. The Morgan fingerprint density at radius 3 is 2.62 bits per heavy atom. The minimum Gasteiger partial charge on any atom is -0.479 e. The highest BCUT2D eigenvalue weighted by Gasteiger charge is 2.18. The van der Waals surface area contributed by atoms with Crippen molar-refractivity contribution in [2.75, 3.05) is 0 Å². The van der Waals surface area contributed by atoms with E-state index in [9.17, 15) is 4.39 Å². The summed E-state index contributed by atoms with van der Waals surface area (Å²) in [4.78, 5) is 0. The molecule has 3 aromatic rings. The molecule has 0 unspecified atom stereocenters. The van der Waals surface area contributed by atoms with Crippen molar-refractivity contribution in [3.05, 3.63) is 64.8 Å². The zero-order chi connectivity index (χ0) is 17.1. The Morgan fingerprint density at radius 1 is 1.21 bits per heavy atom. The summed E-state index contributed by atoms with van der Waals surface area (Å²) in [5.74, 6) is 0.594. The summed E-state index contributed by atoms with van der Waals surface area (Å²) >= 11 is 6.08. The molecule has 0 radical (unpaired) electrons. The Labute approximate surface area is 142 Å². The lowest BCUT2D eigenvalue weighted by atomic mass is 10.2. The summed E-state index contributed by atoms with van der Waals surface area (Å²) in [5.41, 5.74) is 1.05. The summed E-state index contributed by atoms with van der Waals surface area (Å²) < 4.78 is 24.2. The van der Waals surface area contributed by atoms with Crippen LogP contribution < -0.4 is 4.74 Å². The predicted octanol–water partition coefficient (Wildman–Crippen LogP) is 4.54. The van der Waals surface area contributed by atoms with Gasteiger partial charge in [0.25, 0.3) is 5.89 Å². The molecular formula is C17H11ClFN3O2. The Kier molecular flexibility index (Phi) is 4.45. The molecule has 0 spiro atoms. The smallest absolute Gasteiger partial charge is 0.257 e. The Balaban J connectivity index is 1.78. The van der Waals surface area contributed by atoms with Gasteiger partial charge in [-0.2, -0.15) is 5.26 Å². The third-order valence-electron chi connectivity index (χ3n) is 3.24. The van der Waals surface area contributed by atoms with Crippen LogP contribution in [0.5, 0.6) is 5.75 Å². The van der Waals surface area contributed by atoms with Crippen LogP contribution in [0.3, 0.4) is 0 Å². The van der Waals surface area contributed by atoms with Gasteiger partial charge < -0.3 is 9.15 Å². The van der Waals surface area contributed by atoms with Gasteiger partial charge >= 0.3 is 0 Å². The molecule has 1 heterocycles. The third kappa shape index (κ3) is 3.36. The molecule has 24 heavy (non-hydrogen) atoms. The van der Waals surface area contributed by atoms with Crippen molar-refractivity contribution in [3.8, 4) is 23.3 Å². The molecular weight excluding hydrogens is 333 g/mol. The number of halogens is 2. The molecule has 0 bridgehead atoms. The number of benzene rings is 2. The van der Waals surface area contributed by atoms with Crippen molar-refractivity contribution in [1.29, 1.82) is 5.26 Å². The van der Waals surface area contributed by atoms with Gasteiger partial charge in [0.1, 0.15) is 11.6 Å². The molecule has 0 saturated heterocycles. The first-order chi connectivity index (χ1) is 11.6. The molecule has 3 rings (SSSR count). The Bertz CT molecular complexity index is 903. The number of hydrogen-bond donors (Lipinski definition) is 0. The van der Waals surface area contributed by atoms with Gasteiger partial charge in [-0.05, 0) is 49.4 Å². The van der Waals surface area contributed by atoms with E-state index in [0.717, 1.165) is 0 Å². The predicted molar refractivity (Wildman–Crippen MR) is 84.9 cm³/mol. The largest absolute Gasteiger partial charge is 0.479 e. The van der Waals surface area contributed by atoms with Gasteiger partial charge in [0, 0.05) is 5.56 Å². The summed E-state index contributed by atoms with van der Waals surface area (Å²) in [6.07, 6.45) is -0.544. The van der Waals surface area contributed by atoms with E-state index in [2.05, 4.69) is 10.2 Å². The van der Waals surface area contributed by atoms with Crippen LogP contribution >= 0.6 is 11.6 Å². The number of aromatic nitrogens is 2. The highest BCUT2D eigenvalue weighted by molar-refractivity contribution is 6.32. The lowest BCUT2D eigenvalue weighted by Crippen LogP contribution is -2.04. The second-order valence-corrected chi connectivity index (χ2v) is 5.38. The van der Waals surface area contributed by atoms with Crippen LogP contribution in [0.2, 0.25) is 5.02 Å². The van der Waals surface area contributed by atoms with Crippen LogP contribution in [0.15, 0.2) is 46.9 Å². The van der Waals surface area contributed by atoms with Gasteiger partial charge in [-0.25, -0.2) is 4.39 Å². The first kappa shape index (κ1) is 16.0. The number of rotatable bonds is 4. The standard InChI is InChI=1S/C17H11ClFN3O2/c1-10(23-15-7-2-11(9-20)8-14(15)18)16-21-22-17(24-16)12-3-5-13(19)6-4-12/h2-8,10H,1H3/t10-/m1/s1. The molecule has 1 atom stereocenters. The van der Waals surface area contributed by atoms with E-state index >= 15 is 0 Å². The molecule has 0 fully saturated rings. The molecule has 7 heteroatoms. The molecule has 0 aliphatic carbocycles. The molecule has 0 aliphatic rings. The van der Waals surface area contributed by atoms with Crippen molar-refractivity contribution in [2.24, 2.45) is 0 Å². The monoisotopic (exact) mass is 343 g/mol. The van der Waals surface area contributed by atoms with E-state index in [-0.39, 0.29) is 17.6 Å². The third-order valence-corrected chi connectivity index (χ3v) is 3.54. The highest BCUT2D eigenvalue weighted by atomic mass is 35.5. The number of nitrogens with zero attached hydrogens (tertiary/aromatic N) is 3. The summed E-state index contributed by atoms with van der Waals surface area (Å²) in [5, 5.41) is 17.0. The second kappa shape index (κ2) is 6.69. The van der Waals surface area contributed by atoms with Crippen molar-refractivity contribution in [2.45, 2.75) is 13.0 Å². The SMILES string of the molecule is C[C@@H](Oc1ccc(C#N)cc1Cl)c1nnc(-c2ccc(F)cc2)o1. The minimum atomic E-state index is -0.544. The van der Waals surface area contributed by atoms with Gasteiger partial charge in [0.05, 0.1) is 16.7 Å². The average Bonchev–Trinajstić information content (AvgIpc) is 3.07. The Hall–Kier alpha value is -2.91.